The van der Waals surface area contributed by atoms with Crippen LogP contribution in [0, 0.1) is 11.6 Å². The minimum atomic E-state index is -3.78. The minimum Gasteiger partial charge on any atom is -0.319 e. The smallest absolute Gasteiger partial charge is 0.232 e. The number of hydrogen-bond acceptors (Lipinski definition) is 8. The Morgan fingerprint density at radius 3 is 2.52 bits per heavy atom. The number of ketones is 1. The molecule has 0 spiro atoms. The zero-order chi connectivity index (χ0) is 35.1. The summed E-state index contributed by atoms with van der Waals surface area (Å²) in [5.41, 5.74) is 5.06. The fourth-order valence-electron chi connectivity index (χ4n) is 7.04. The molecule has 2 aromatic carbocycles. The lowest BCUT2D eigenvalue weighted by Crippen LogP contribution is -2.53. The summed E-state index contributed by atoms with van der Waals surface area (Å²) in [5, 5.41) is 4.68. The summed E-state index contributed by atoms with van der Waals surface area (Å²) in [6.45, 7) is 2.73. The van der Waals surface area contributed by atoms with Crippen LogP contribution in [0.4, 0.5) is 30.2 Å². The highest BCUT2D eigenvalue weighted by molar-refractivity contribution is 7.92. The fourth-order valence-corrected chi connectivity index (χ4v) is 7.54. The Balaban J connectivity index is 1.32. The first kappa shape index (κ1) is 32.1. The van der Waals surface area contributed by atoms with Crippen molar-refractivity contribution in [3.63, 3.8) is 0 Å². The van der Waals surface area contributed by atoms with Crippen LogP contribution in [0.2, 0.25) is 0 Å². The van der Waals surface area contributed by atoms with Crippen molar-refractivity contribution in [2.45, 2.75) is 32.0 Å². The van der Waals surface area contributed by atoms with Crippen LogP contribution >= 0.6 is 0 Å². The van der Waals surface area contributed by atoms with Gasteiger partial charge in [-0.1, -0.05) is 13.0 Å². The number of amidine groups is 1. The second kappa shape index (κ2) is 11.8. The second-order valence-corrected chi connectivity index (χ2v) is 14.9. The normalized spacial score (nSPS) is 17.3. The van der Waals surface area contributed by atoms with Crippen molar-refractivity contribution in [3.8, 4) is 22.5 Å². The molecular weight excluding hydrogens is 668 g/mol. The van der Waals surface area contributed by atoms with Gasteiger partial charge in [0.05, 0.1) is 58.9 Å². The molecule has 0 saturated carbocycles. The van der Waals surface area contributed by atoms with E-state index in [1.54, 1.807) is 49.5 Å². The summed E-state index contributed by atoms with van der Waals surface area (Å²) < 4.78 is 71.2. The molecule has 6 heterocycles. The first-order chi connectivity index (χ1) is 23.9. The van der Waals surface area contributed by atoms with Gasteiger partial charge in [-0.2, -0.15) is 5.10 Å². The maximum absolute atomic E-state index is 15.2. The van der Waals surface area contributed by atoms with E-state index in [2.05, 4.69) is 5.10 Å². The Morgan fingerprint density at radius 1 is 1.06 bits per heavy atom. The van der Waals surface area contributed by atoms with E-state index in [0.29, 0.717) is 88.1 Å². The molecule has 1 fully saturated rings. The number of aliphatic imine (C=N–C) groups is 1. The van der Waals surface area contributed by atoms with E-state index >= 15 is 4.39 Å². The first-order valence-electron chi connectivity index (χ1n) is 16.2. The molecular formula is C36H32F3N7O3S. The van der Waals surface area contributed by atoms with Gasteiger partial charge in [-0.25, -0.2) is 36.1 Å². The molecule has 10 nitrogen and oxygen atoms in total. The highest BCUT2D eigenvalue weighted by Crippen LogP contribution is 2.48. The lowest BCUT2D eigenvalue weighted by atomic mass is 9.99. The average Bonchev–Trinajstić information content (AvgIpc) is 3.66. The van der Waals surface area contributed by atoms with Crippen molar-refractivity contribution in [2.75, 3.05) is 42.1 Å². The van der Waals surface area contributed by atoms with Crippen LogP contribution < -0.4 is 9.21 Å². The van der Waals surface area contributed by atoms with Crippen LogP contribution in [0.1, 0.15) is 41.0 Å². The summed E-state index contributed by atoms with van der Waals surface area (Å²) in [7, 11) is -2.35. The van der Waals surface area contributed by atoms with Gasteiger partial charge in [0.15, 0.2) is 5.78 Å². The second-order valence-electron chi connectivity index (χ2n) is 12.9. The van der Waals surface area contributed by atoms with Crippen LogP contribution in [0.3, 0.4) is 0 Å². The fraction of sp³-hybridized carbons (Fsp3) is 0.278. The zero-order valence-electron chi connectivity index (χ0n) is 27.4. The first-order valence-corrected chi connectivity index (χ1v) is 18.1. The number of rotatable bonds is 8. The standard InChI is InChI=1S/C36H32F3N7O3S/c1-4-32(47)34-29-15-24(31(43(2)50(3,48)49)18-45(29)42-35(34)20-8-10-21(37)11-9-20)26-12-13-27-36(41-26)30-14-23-25(39)6-5-7-28(23)46(30)33(40-27)19-44-16-22(38)17-44/h5-13,15,18,22,30H,4,14,16-17,19H2,1-3H3. The van der Waals surface area contributed by atoms with Gasteiger partial charge in [0.25, 0.3) is 0 Å². The topological polar surface area (TPSA) is 103 Å². The van der Waals surface area contributed by atoms with Crippen LogP contribution in [0.5, 0.6) is 0 Å². The summed E-state index contributed by atoms with van der Waals surface area (Å²) in [5.74, 6) is -0.300. The van der Waals surface area contributed by atoms with E-state index in [4.69, 9.17) is 9.98 Å². The molecule has 3 aliphatic heterocycles. The van der Waals surface area contributed by atoms with Crippen molar-refractivity contribution >= 4 is 44.2 Å². The number of aromatic nitrogens is 3. The molecule has 0 amide bonds. The van der Waals surface area contributed by atoms with Gasteiger partial charge < -0.3 is 4.90 Å². The van der Waals surface area contributed by atoms with Crippen LogP contribution in [-0.2, 0) is 16.4 Å². The maximum atomic E-state index is 15.2. The van der Waals surface area contributed by atoms with E-state index in [1.807, 2.05) is 15.9 Å². The summed E-state index contributed by atoms with van der Waals surface area (Å²) in [6, 6.07) is 15.4. The Hall–Kier alpha value is -5.08. The van der Waals surface area contributed by atoms with E-state index in [9.17, 15) is 22.0 Å². The third kappa shape index (κ3) is 5.24. The molecule has 0 aliphatic carbocycles. The SMILES string of the molecule is CCC(=O)c1c(-c2ccc(F)cc2)nn2cc(N(C)S(C)(=O)=O)c(-c3ccc4c(n3)C3Cc5c(F)cccc5N3C(CN3CC(F)C3)=N4)cc12. The third-order valence-corrected chi connectivity index (χ3v) is 10.9. The van der Waals surface area contributed by atoms with Gasteiger partial charge in [-0.15, -0.1) is 0 Å². The number of carbonyl (C=O) groups excluding carboxylic acids is 1. The number of halogens is 3. The number of sulfonamides is 1. The van der Waals surface area contributed by atoms with Gasteiger partial charge in [0.2, 0.25) is 10.0 Å². The molecule has 1 atom stereocenters. The molecule has 0 bridgehead atoms. The molecule has 50 heavy (non-hydrogen) atoms. The van der Waals surface area contributed by atoms with Crippen LogP contribution in [-0.4, -0.2) is 78.6 Å². The maximum Gasteiger partial charge on any atom is 0.232 e. The number of benzene rings is 2. The van der Waals surface area contributed by atoms with Gasteiger partial charge in [0, 0.05) is 55.4 Å². The van der Waals surface area contributed by atoms with E-state index in [0.717, 1.165) is 10.6 Å². The lowest BCUT2D eigenvalue weighted by molar-refractivity contribution is 0.0805. The molecule has 3 aliphatic rings. The number of carbonyl (C=O) groups is 1. The van der Waals surface area contributed by atoms with Gasteiger partial charge in [0.1, 0.15) is 29.3 Å². The molecule has 14 heteroatoms. The number of fused-ring (bicyclic) bond motifs is 6. The third-order valence-electron chi connectivity index (χ3n) is 9.67. The van der Waals surface area contributed by atoms with Gasteiger partial charge >= 0.3 is 0 Å². The number of anilines is 2. The van der Waals surface area contributed by atoms with Crippen molar-refractivity contribution in [3.05, 3.63) is 95.3 Å². The molecule has 8 rings (SSSR count). The van der Waals surface area contributed by atoms with Gasteiger partial charge in [-0.05, 0) is 54.6 Å². The van der Waals surface area contributed by atoms with E-state index in [1.165, 1.54) is 29.8 Å². The molecule has 3 aromatic heterocycles. The number of alkyl halides is 1. The largest absolute Gasteiger partial charge is 0.319 e. The quantitative estimate of drug-likeness (QED) is 0.180. The predicted molar refractivity (Wildman–Crippen MR) is 185 cm³/mol. The molecule has 256 valence electrons. The predicted octanol–water partition coefficient (Wildman–Crippen LogP) is 6.13. The monoisotopic (exact) mass is 699 g/mol. The number of likely N-dealkylation sites (tertiary alicyclic amines) is 1. The Bertz CT molecular complexity index is 2360. The molecule has 0 radical (unpaired) electrons. The van der Waals surface area contributed by atoms with Crippen LogP contribution in [0.25, 0.3) is 28.0 Å². The van der Waals surface area contributed by atoms with E-state index < -0.39 is 28.1 Å². The number of pyridine rings is 2. The summed E-state index contributed by atoms with van der Waals surface area (Å²) in [4.78, 5) is 27.4. The Labute approximate surface area is 286 Å². The summed E-state index contributed by atoms with van der Waals surface area (Å²) in [6.07, 6.45) is 2.24. The summed E-state index contributed by atoms with van der Waals surface area (Å²) >= 11 is 0. The lowest BCUT2D eigenvalue weighted by Gasteiger charge is -2.39. The van der Waals surface area contributed by atoms with Gasteiger partial charge in [-0.3, -0.25) is 14.0 Å². The van der Waals surface area contributed by atoms with E-state index in [-0.39, 0.29) is 23.7 Å². The van der Waals surface area contributed by atoms with Crippen molar-refractivity contribution in [1.82, 2.24) is 19.5 Å². The molecule has 1 unspecified atom stereocenters. The number of Topliss-reactive ketones (excluding diaryl/α,β-unsaturated/α-hetero) is 1. The number of nitrogens with zero attached hydrogens (tertiary/aromatic N) is 7. The molecule has 0 N–H and O–H groups in total. The number of hydrogen-bond donors (Lipinski definition) is 0. The molecule has 5 aromatic rings. The zero-order valence-corrected chi connectivity index (χ0v) is 28.3. The van der Waals surface area contributed by atoms with Crippen molar-refractivity contribution < 1.29 is 26.4 Å². The minimum absolute atomic E-state index is 0.172. The highest BCUT2D eigenvalue weighted by Gasteiger charge is 2.42. The Kier molecular flexibility index (Phi) is 7.56. The molecule has 1 saturated heterocycles. The highest BCUT2D eigenvalue weighted by atomic mass is 32.2. The Morgan fingerprint density at radius 2 is 1.82 bits per heavy atom. The van der Waals surface area contributed by atoms with Crippen LogP contribution in [0.15, 0.2) is 71.9 Å². The average molecular weight is 700 g/mol. The van der Waals surface area contributed by atoms with Crippen molar-refractivity contribution in [2.24, 2.45) is 4.99 Å². The van der Waals surface area contributed by atoms with Crippen molar-refractivity contribution in [1.29, 1.82) is 0 Å².